The number of amides is 1. The van der Waals surface area contributed by atoms with Gasteiger partial charge in [0.05, 0.1) is 19.0 Å². The molecule has 1 saturated heterocycles. The smallest absolute Gasteiger partial charge is 0.263 e. The van der Waals surface area contributed by atoms with Crippen LogP contribution in [0.5, 0.6) is 11.5 Å². The van der Waals surface area contributed by atoms with Gasteiger partial charge in [-0.1, -0.05) is 13.0 Å². The van der Waals surface area contributed by atoms with E-state index in [-0.39, 0.29) is 17.4 Å². The summed E-state index contributed by atoms with van der Waals surface area (Å²) in [6.07, 6.45) is 6.14. The standard InChI is InChI=1S/C24H27N5O4/c1-3-21(33-18-6-4-5-17(13-18)32-2)24(31)29-11-7-16(8-12-29)19-14-22(30)28-23(27-19)20-15-25-9-10-26-20/h4-6,9-10,13-16,21H,3,7-8,11-12H2,1-2H3,(H,27,28,30)/t21-/m0/s1. The number of ether oxygens (including phenoxy) is 2. The largest absolute Gasteiger partial charge is 0.497 e. The highest BCUT2D eigenvalue weighted by Crippen LogP contribution is 2.28. The van der Waals surface area contributed by atoms with Gasteiger partial charge in [0.15, 0.2) is 11.9 Å². The molecule has 0 unspecified atom stereocenters. The molecule has 0 saturated carbocycles. The number of nitrogens with one attached hydrogen (secondary N) is 1. The predicted molar refractivity (Wildman–Crippen MR) is 122 cm³/mol. The van der Waals surface area contributed by atoms with Crippen LogP contribution in [0.2, 0.25) is 0 Å². The van der Waals surface area contributed by atoms with Crippen LogP contribution in [-0.4, -0.2) is 57.0 Å². The fourth-order valence-corrected chi connectivity index (χ4v) is 3.97. The van der Waals surface area contributed by atoms with E-state index in [9.17, 15) is 9.59 Å². The van der Waals surface area contributed by atoms with Gasteiger partial charge in [-0.3, -0.25) is 14.6 Å². The van der Waals surface area contributed by atoms with E-state index in [4.69, 9.17) is 9.47 Å². The molecule has 0 spiro atoms. The van der Waals surface area contributed by atoms with Crippen LogP contribution in [0.4, 0.5) is 0 Å². The van der Waals surface area contributed by atoms with Crippen molar-refractivity contribution in [3.63, 3.8) is 0 Å². The summed E-state index contributed by atoms with van der Waals surface area (Å²) in [7, 11) is 1.59. The molecular weight excluding hydrogens is 422 g/mol. The molecule has 172 valence electrons. The first-order chi connectivity index (χ1) is 16.1. The molecule has 2 aromatic heterocycles. The molecule has 1 aromatic carbocycles. The Labute approximate surface area is 191 Å². The van der Waals surface area contributed by atoms with E-state index in [1.807, 2.05) is 30.0 Å². The second kappa shape index (κ2) is 10.2. The van der Waals surface area contributed by atoms with Crippen LogP contribution >= 0.6 is 0 Å². The lowest BCUT2D eigenvalue weighted by Crippen LogP contribution is -2.45. The van der Waals surface area contributed by atoms with Gasteiger partial charge in [-0.15, -0.1) is 0 Å². The zero-order valence-electron chi connectivity index (χ0n) is 18.7. The number of likely N-dealkylation sites (tertiary alicyclic amines) is 1. The number of nitrogens with zero attached hydrogens (tertiary/aromatic N) is 4. The van der Waals surface area contributed by atoms with Crippen LogP contribution in [0, 0.1) is 0 Å². The second-order valence-corrected chi connectivity index (χ2v) is 7.90. The fourth-order valence-electron chi connectivity index (χ4n) is 3.97. The number of methoxy groups -OCH3 is 1. The molecule has 0 radical (unpaired) electrons. The maximum Gasteiger partial charge on any atom is 0.263 e. The minimum Gasteiger partial charge on any atom is -0.497 e. The summed E-state index contributed by atoms with van der Waals surface area (Å²) in [5, 5.41) is 0. The number of aromatic amines is 1. The number of hydrogen-bond acceptors (Lipinski definition) is 7. The maximum absolute atomic E-state index is 13.1. The van der Waals surface area contributed by atoms with Gasteiger partial charge in [0.1, 0.15) is 17.2 Å². The van der Waals surface area contributed by atoms with Gasteiger partial charge in [-0.05, 0) is 31.4 Å². The summed E-state index contributed by atoms with van der Waals surface area (Å²) in [5.74, 6) is 1.75. The Morgan fingerprint density at radius 1 is 1.21 bits per heavy atom. The molecule has 33 heavy (non-hydrogen) atoms. The molecule has 0 aliphatic carbocycles. The summed E-state index contributed by atoms with van der Waals surface area (Å²) in [6.45, 7) is 3.09. The van der Waals surface area contributed by atoms with Gasteiger partial charge >= 0.3 is 0 Å². The predicted octanol–water partition coefficient (Wildman–Crippen LogP) is 2.80. The molecular formula is C24H27N5O4. The molecule has 1 aliphatic heterocycles. The first-order valence-electron chi connectivity index (χ1n) is 11.0. The Morgan fingerprint density at radius 3 is 2.70 bits per heavy atom. The van der Waals surface area contributed by atoms with Crippen LogP contribution in [0.3, 0.4) is 0 Å². The Bertz CT molecular complexity index is 1140. The zero-order chi connectivity index (χ0) is 23.2. The molecule has 9 heteroatoms. The number of rotatable bonds is 7. The van der Waals surface area contributed by atoms with E-state index in [0.29, 0.717) is 48.2 Å². The van der Waals surface area contributed by atoms with E-state index >= 15 is 0 Å². The highest BCUT2D eigenvalue weighted by molar-refractivity contribution is 5.81. The third-order valence-corrected chi connectivity index (χ3v) is 5.76. The van der Waals surface area contributed by atoms with Crippen molar-refractivity contribution in [1.82, 2.24) is 24.8 Å². The molecule has 9 nitrogen and oxygen atoms in total. The minimum atomic E-state index is -0.561. The van der Waals surface area contributed by atoms with Crippen molar-refractivity contribution < 1.29 is 14.3 Å². The molecule has 1 amide bonds. The van der Waals surface area contributed by atoms with Crippen LogP contribution in [0.15, 0.2) is 53.7 Å². The van der Waals surface area contributed by atoms with Crippen molar-refractivity contribution in [3.8, 4) is 23.0 Å². The summed E-state index contributed by atoms with van der Waals surface area (Å²) < 4.78 is 11.2. The topological polar surface area (TPSA) is 110 Å². The van der Waals surface area contributed by atoms with Crippen molar-refractivity contribution in [1.29, 1.82) is 0 Å². The van der Waals surface area contributed by atoms with Crippen LogP contribution in [0.1, 0.15) is 37.8 Å². The molecule has 0 bridgehead atoms. The molecule has 1 fully saturated rings. The van der Waals surface area contributed by atoms with Crippen molar-refractivity contribution >= 4 is 5.91 Å². The summed E-state index contributed by atoms with van der Waals surface area (Å²) in [5.41, 5.74) is 1.01. The highest BCUT2D eigenvalue weighted by atomic mass is 16.5. The first kappa shape index (κ1) is 22.4. The highest BCUT2D eigenvalue weighted by Gasteiger charge is 2.30. The Balaban J connectivity index is 1.41. The van der Waals surface area contributed by atoms with Crippen molar-refractivity contribution in [3.05, 3.63) is 65.0 Å². The third kappa shape index (κ3) is 5.36. The number of benzene rings is 1. The SMILES string of the molecule is CC[C@H](Oc1cccc(OC)c1)C(=O)N1CCC(c2cc(=O)[nH]c(-c3cnccn3)n2)CC1. The van der Waals surface area contributed by atoms with Crippen LogP contribution in [0.25, 0.3) is 11.5 Å². The van der Waals surface area contributed by atoms with Crippen molar-refractivity contribution in [2.24, 2.45) is 0 Å². The molecule has 4 rings (SSSR count). The van der Waals surface area contributed by atoms with Crippen LogP contribution in [-0.2, 0) is 4.79 Å². The van der Waals surface area contributed by atoms with Crippen LogP contribution < -0.4 is 15.0 Å². The summed E-state index contributed by atoms with van der Waals surface area (Å²) in [6, 6.07) is 8.79. The lowest BCUT2D eigenvalue weighted by atomic mass is 9.93. The number of hydrogen-bond donors (Lipinski definition) is 1. The summed E-state index contributed by atoms with van der Waals surface area (Å²) in [4.78, 5) is 42.8. The minimum absolute atomic E-state index is 0.0297. The van der Waals surface area contributed by atoms with Gasteiger partial charge < -0.3 is 19.4 Å². The fraction of sp³-hybridized carbons (Fsp3) is 0.375. The number of piperidine rings is 1. The van der Waals surface area contributed by atoms with E-state index < -0.39 is 6.10 Å². The monoisotopic (exact) mass is 449 g/mol. The Morgan fingerprint density at radius 2 is 2.00 bits per heavy atom. The Hall–Kier alpha value is -3.75. The van der Waals surface area contributed by atoms with E-state index in [1.54, 1.807) is 31.8 Å². The van der Waals surface area contributed by atoms with E-state index in [2.05, 4.69) is 19.9 Å². The molecule has 3 aromatic rings. The quantitative estimate of drug-likeness (QED) is 0.590. The van der Waals surface area contributed by atoms with Crippen molar-refractivity contribution in [2.75, 3.05) is 20.2 Å². The third-order valence-electron chi connectivity index (χ3n) is 5.76. The molecule has 1 atom stereocenters. The van der Waals surface area contributed by atoms with Gasteiger partial charge in [0.2, 0.25) is 0 Å². The number of H-pyrrole nitrogens is 1. The lowest BCUT2D eigenvalue weighted by molar-refractivity contribution is -0.140. The molecule has 3 heterocycles. The average molecular weight is 450 g/mol. The first-order valence-corrected chi connectivity index (χ1v) is 11.0. The molecule has 1 aliphatic rings. The summed E-state index contributed by atoms with van der Waals surface area (Å²) >= 11 is 0. The number of carbonyl (C=O) groups is 1. The second-order valence-electron chi connectivity index (χ2n) is 7.90. The maximum atomic E-state index is 13.1. The van der Waals surface area contributed by atoms with E-state index in [1.165, 1.54) is 6.07 Å². The van der Waals surface area contributed by atoms with Gasteiger partial charge in [0.25, 0.3) is 11.5 Å². The van der Waals surface area contributed by atoms with Gasteiger partial charge in [-0.25, -0.2) is 9.97 Å². The lowest BCUT2D eigenvalue weighted by Gasteiger charge is -2.34. The van der Waals surface area contributed by atoms with Gasteiger partial charge in [-0.2, -0.15) is 0 Å². The average Bonchev–Trinajstić information content (AvgIpc) is 2.87. The number of carbonyl (C=O) groups excluding carboxylic acids is 1. The zero-order valence-corrected chi connectivity index (χ0v) is 18.7. The van der Waals surface area contributed by atoms with Gasteiger partial charge in [0, 0.05) is 43.5 Å². The van der Waals surface area contributed by atoms with Crippen molar-refractivity contribution in [2.45, 2.75) is 38.2 Å². The normalized spacial score (nSPS) is 15.2. The van der Waals surface area contributed by atoms with E-state index in [0.717, 1.165) is 12.8 Å². The molecule has 1 N–H and O–H groups in total. The Kier molecular flexibility index (Phi) is 6.97. The number of aromatic nitrogens is 4.